The maximum atomic E-state index is 13.2. The fourth-order valence-electron chi connectivity index (χ4n) is 2.31. The van der Waals surface area contributed by atoms with Crippen LogP contribution in [0.3, 0.4) is 0 Å². The van der Waals surface area contributed by atoms with Crippen LogP contribution in [0.2, 0.25) is 5.02 Å². The van der Waals surface area contributed by atoms with Crippen LogP contribution in [0.1, 0.15) is 11.3 Å². The monoisotopic (exact) mass is 380 g/mol. The Morgan fingerprint density at radius 2 is 1.88 bits per heavy atom. The van der Waals surface area contributed by atoms with Gasteiger partial charge in [0, 0.05) is 11.6 Å². The summed E-state index contributed by atoms with van der Waals surface area (Å²) in [6, 6.07) is 10.3. The second-order valence-electron chi connectivity index (χ2n) is 5.55. The molecule has 0 bridgehead atoms. The van der Waals surface area contributed by atoms with Gasteiger partial charge in [0.05, 0.1) is 21.3 Å². The predicted octanol–water partition coefficient (Wildman–Crippen LogP) is 4.55. The number of anilines is 1. The average Bonchev–Trinajstić information content (AvgIpc) is 2.97. The second-order valence-corrected chi connectivity index (χ2v) is 7.61. The minimum absolute atomic E-state index is 0.0829. The number of aryl methyl sites for hydroxylation is 2. The fraction of sp³-hybridized carbons (Fsp3) is 0.118. The molecule has 0 aliphatic heterocycles. The van der Waals surface area contributed by atoms with Crippen molar-refractivity contribution in [2.24, 2.45) is 0 Å². The Labute approximate surface area is 149 Å². The molecular formula is C17H14ClFN2O3S. The summed E-state index contributed by atoms with van der Waals surface area (Å²) in [7, 11) is -3.89. The number of halogens is 2. The Bertz CT molecular complexity index is 1050. The van der Waals surface area contributed by atoms with Crippen LogP contribution < -0.4 is 4.72 Å². The number of aromatic nitrogens is 1. The molecule has 0 aliphatic rings. The molecule has 0 saturated heterocycles. The van der Waals surface area contributed by atoms with Gasteiger partial charge < -0.3 is 4.52 Å². The van der Waals surface area contributed by atoms with Gasteiger partial charge in [-0.05, 0) is 43.7 Å². The van der Waals surface area contributed by atoms with Crippen LogP contribution >= 0.6 is 11.6 Å². The van der Waals surface area contributed by atoms with E-state index in [0.717, 1.165) is 6.07 Å². The maximum Gasteiger partial charge on any atom is 0.262 e. The number of nitrogens with one attached hydrogen (secondary N) is 1. The average molecular weight is 381 g/mol. The SMILES string of the molecule is Cc1cc(-c2ccc(C)c(S(=O)(=O)Nc3ccc(F)c(Cl)c3)c2)on1. The third-order valence-electron chi connectivity index (χ3n) is 3.56. The van der Waals surface area contributed by atoms with Crippen LogP contribution in [0.25, 0.3) is 11.3 Å². The lowest BCUT2D eigenvalue weighted by Crippen LogP contribution is -2.14. The van der Waals surface area contributed by atoms with Gasteiger partial charge in [0.1, 0.15) is 5.82 Å². The highest BCUT2D eigenvalue weighted by atomic mass is 35.5. The van der Waals surface area contributed by atoms with Crippen molar-refractivity contribution in [2.75, 3.05) is 4.72 Å². The second kappa shape index (κ2) is 6.50. The van der Waals surface area contributed by atoms with Crippen LogP contribution in [0.5, 0.6) is 0 Å². The molecule has 2 aromatic carbocycles. The highest BCUT2D eigenvalue weighted by Gasteiger charge is 2.19. The highest BCUT2D eigenvalue weighted by molar-refractivity contribution is 7.92. The summed E-state index contributed by atoms with van der Waals surface area (Å²) < 4.78 is 46.2. The number of nitrogens with zero attached hydrogens (tertiary/aromatic N) is 1. The maximum absolute atomic E-state index is 13.2. The van der Waals surface area contributed by atoms with E-state index >= 15 is 0 Å². The van der Waals surface area contributed by atoms with Gasteiger partial charge in [-0.2, -0.15) is 0 Å². The molecule has 1 N–H and O–H groups in total. The molecule has 0 aliphatic carbocycles. The molecule has 0 amide bonds. The summed E-state index contributed by atoms with van der Waals surface area (Å²) in [5, 5.41) is 3.64. The smallest absolute Gasteiger partial charge is 0.262 e. The molecule has 1 aromatic heterocycles. The summed E-state index contributed by atoms with van der Waals surface area (Å²) in [6.07, 6.45) is 0. The minimum Gasteiger partial charge on any atom is -0.356 e. The van der Waals surface area contributed by atoms with E-state index in [1.165, 1.54) is 18.2 Å². The van der Waals surface area contributed by atoms with Crippen LogP contribution in [0, 0.1) is 19.7 Å². The summed E-state index contributed by atoms with van der Waals surface area (Å²) >= 11 is 5.70. The van der Waals surface area contributed by atoms with Gasteiger partial charge in [-0.15, -0.1) is 0 Å². The molecule has 1 heterocycles. The van der Waals surface area contributed by atoms with Crippen LogP contribution in [0.15, 0.2) is 51.9 Å². The van der Waals surface area contributed by atoms with E-state index in [0.29, 0.717) is 22.6 Å². The summed E-state index contributed by atoms with van der Waals surface area (Å²) in [5.41, 5.74) is 2.01. The van der Waals surface area contributed by atoms with Crippen molar-refractivity contribution >= 4 is 27.3 Å². The van der Waals surface area contributed by atoms with Crippen molar-refractivity contribution < 1.29 is 17.3 Å². The number of hydrogen-bond acceptors (Lipinski definition) is 4. The van der Waals surface area contributed by atoms with Crippen molar-refractivity contribution in [2.45, 2.75) is 18.7 Å². The quantitative estimate of drug-likeness (QED) is 0.720. The van der Waals surface area contributed by atoms with Crippen molar-refractivity contribution in [3.63, 3.8) is 0 Å². The van der Waals surface area contributed by atoms with Crippen LogP contribution in [-0.4, -0.2) is 13.6 Å². The van der Waals surface area contributed by atoms with Crippen molar-refractivity contribution in [1.29, 1.82) is 0 Å². The molecule has 0 spiro atoms. The number of hydrogen-bond donors (Lipinski definition) is 1. The van der Waals surface area contributed by atoms with Gasteiger partial charge in [-0.3, -0.25) is 4.72 Å². The zero-order chi connectivity index (χ0) is 18.2. The Morgan fingerprint density at radius 1 is 1.12 bits per heavy atom. The number of benzene rings is 2. The Balaban J connectivity index is 2.00. The lowest BCUT2D eigenvalue weighted by molar-refractivity contribution is 0.427. The molecule has 8 heteroatoms. The fourth-order valence-corrected chi connectivity index (χ4v) is 3.81. The Morgan fingerprint density at radius 3 is 2.52 bits per heavy atom. The molecule has 0 fully saturated rings. The first-order chi connectivity index (χ1) is 11.8. The first-order valence-electron chi connectivity index (χ1n) is 7.28. The molecule has 0 saturated carbocycles. The van der Waals surface area contributed by atoms with Crippen LogP contribution in [0.4, 0.5) is 10.1 Å². The molecule has 0 unspecified atom stereocenters. The number of sulfonamides is 1. The highest BCUT2D eigenvalue weighted by Crippen LogP contribution is 2.28. The van der Waals surface area contributed by atoms with E-state index in [2.05, 4.69) is 9.88 Å². The van der Waals surface area contributed by atoms with E-state index in [-0.39, 0.29) is 15.6 Å². The number of rotatable bonds is 4. The Hall–Kier alpha value is -2.38. The first kappa shape index (κ1) is 17.4. The predicted molar refractivity (Wildman–Crippen MR) is 93.6 cm³/mol. The van der Waals surface area contributed by atoms with Crippen molar-refractivity contribution in [1.82, 2.24) is 5.16 Å². The van der Waals surface area contributed by atoms with E-state index in [1.54, 1.807) is 32.0 Å². The molecule has 0 radical (unpaired) electrons. The largest absolute Gasteiger partial charge is 0.356 e. The topological polar surface area (TPSA) is 72.2 Å². The van der Waals surface area contributed by atoms with Crippen molar-refractivity contribution in [3.8, 4) is 11.3 Å². The first-order valence-corrected chi connectivity index (χ1v) is 9.14. The zero-order valence-electron chi connectivity index (χ0n) is 13.4. The molecule has 3 rings (SSSR count). The molecule has 5 nitrogen and oxygen atoms in total. The van der Waals surface area contributed by atoms with E-state index < -0.39 is 15.8 Å². The van der Waals surface area contributed by atoms with Gasteiger partial charge in [0.2, 0.25) is 0 Å². The van der Waals surface area contributed by atoms with Crippen molar-refractivity contribution in [3.05, 3.63) is 64.6 Å². The third-order valence-corrected chi connectivity index (χ3v) is 5.37. The van der Waals surface area contributed by atoms with Crippen LogP contribution in [-0.2, 0) is 10.0 Å². The molecule has 25 heavy (non-hydrogen) atoms. The third kappa shape index (κ3) is 3.67. The lowest BCUT2D eigenvalue weighted by atomic mass is 10.1. The summed E-state index contributed by atoms with van der Waals surface area (Å²) in [4.78, 5) is 0.0829. The van der Waals surface area contributed by atoms with E-state index in [4.69, 9.17) is 16.1 Å². The normalized spacial score (nSPS) is 11.5. The molecule has 130 valence electrons. The lowest BCUT2D eigenvalue weighted by Gasteiger charge is -2.12. The van der Waals surface area contributed by atoms with Gasteiger partial charge in [-0.25, -0.2) is 12.8 Å². The molecular weight excluding hydrogens is 367 g/mol. The Kier molecular flexibility index (Phi) is 4.53. The summed E-state index contributed by atoms with van der Waals surface area (Å²) in [6.45, 7) is 3.46. The minimum atomic E-state index is -3.89. The standard InChI is InChI=1S/C17H14ClFN2O3S/c1-10-3-4-12(16-7-11(2)20-24-16)8-17(10)25(22,23)21-13-5-6-15(19)14(18)9-13/h3-9,21H,1-2H3. The van der Waals surface area contributed by atoms with E-state index in [9.17, 15) is 12.8 Å². The molecule has 0 atom stereocenters. The van der Waals surface area contributed by atoms with Gasteiger partial charge in [-0.1, -0.05) is 28.9 Å². The molecule has 3 aromatic rings. The van der Waals surface area contributed by atoms with Gasteiger partial charge >= 0.3 is 0 Å². The summed E-state index contributed by atoms with van der Waals surface area (Å²) in [5.74, 6) is -0.151. The van der Waals surface area contributed by atoms with Gasteiger partial charge in [0.25, 0.3) is 10.0 Å². The van der Waals surface area contributed by atoms with Gasteiger partial charge in [0.15, 0.2) is 5.76 Å². The van der Waals surface area contributed by atoms with E-state index in [1.807, 2.05) is 0 Å². The zero-order valence-corrected chi connectivity index (χ0v) is 15.0.